The van der Waals surface area contributed by atoms with Gasteiger partial charge in [-0.2, -0.15) is 0 Å². The summed E-state index contributed by atoms with van der Waals surface area (Å²) in [5, 5.41) is 13.7. The van der Waals surface area contributed by atoms with Crippen LogP contribution in [0.15, 0.2) is 45.6 Å². The van der Waals surface area contributed by atoms with E-state index in [9.17, 15) is 9.81 Å². The summed E-state index contributed by atoms with van der Waals surface area (Å²) in [5.74, 6) is 0. The zero-order valence-electron chi connectivity index (χ0n) is 25.6. The van der Waals surface area contributed by atoms with Crippen LogP contribution in [0, 0.1) is 9.81 Å². The Morgan fingerprint density at radius 2 is 0.674 bits per heavy atom. The van der Waals surface area contributed by atoms with Crippen molar-refractivity contribution < 1.29 is 0 Å². The Balaban J connectivity index is 0.000000181. The number of aromatic nitrogens is 4. The molecule has 0 N–H and O–H groups in total. The molecule has 4 aliphatic rings. The van der Waals surface area contributed by atoms with E-state index < -0.39 is 0 Å². The molecule has 12 heteroatoms. The van der Waals surface area contributed by atoms with Crippen LogP contribution in [-0.2, 0) is 0 Å². The Hall–Kier alpha value is -2.20. The number of nitrogens with zero attached hydrogens (tertiary/aromatic N) is 8. The van der Waals surface area contributed by atoms with Crippen molar-refractivity contribution in [1.29, 1.82) is 0 Å². The number of alkyl halides is 2. The molecule has 0 amide bonds. The molecule has 2 heterocycles. The molecule has 0 atom stereocenters. The van der Waals surface area contributed by atoms with Crippen LogP contribution in [0.1, 0.15) is 153 Å². The van der Waals surface area contributed by atoms with Crippen LogP contribution in [-0.4, -0.2) is 23.6 Å². The van der Waals surface area contributed by atoms with Crippen LogP contribution in [0.2, 0.25) is 0 Å². The smallest absolute Gasteiger partial charge is 0.233 e. The van der Waals surface area contributed by atoms with Gasteiger partial charge in [0.05, 0.1) is 15.9 Å². The first-order valence-corrected chi connectivity index (χ1v) is 17.7. The highest BCUT2D eigenvalue weighted by atomic mass is 35.5. The van der Waals surface area contributed by atoms with Gasteiger partial charge in [-0.3, -0.25) is 0 Å². The quantitative estimate of drug-likeness (QED) is 0.179. The lowest BCUT2D eigenvalue weighted by molar-refractivity contribution is 0.315. The number of hydrogen-bond acceptors (Lipinski definition) is 4. The van der Waals surface area contributed by atoms with Crippen LogP contribution in [0.25, 0.3) is 0 Å². The third-order valence-corrected chi connectivity index (χ3v) is 9.83. The number of nitroso groups, excluding NO2 is 2. The van der Waals surface area contributed by atoms with E-state index in [4.69, 9.17) is 23.2 Å². The van der Waals surface area contributed by atoms with Gasteiger partial charge in [-0.05, 0) is 51.4 Å². The van der Waals surface area contributed by atoms with E-state index in [1.54, 1.807) is 0 Å². The average molecular weight is 638 g/mol. The van der Waals surface area contributed by atoms with Gasteiger partial charge in [0.15, 0.2) is 0 Å². The molecule has 0 bridgehead atoms. The molecule has 2 aromatic rings. The first-order chi connectivity index (χ1) is 21.2. The minimum atomic E-state index is 0.194. The SMILES string of the molecule is ClCCl.O=NN=c1n(C2CCCCC2)ccn1C1CCCCC1.O=NN=c1n(C2CCCCC2)ccn1C1CCCCC1. The first-order valence-electron chi connectivity index (χ1n) is 16.6. The minimum absolute atomic E-state index is 0.194. The molecule has 6 rings (SSSR count). The highest BCUT2D eigenvalue weighted by Crippen LogP contribution is 2.31. The molecule has 0 aromatic carbocycles. The third kappa shape index (κ3) is 9.40. The fraction of sp³-hybridized carbons (Fsp3) is 0.806. The number of hydrogen-bond donors (Lipinski definition) is 0. The van der Waals surface area contributed by atoms with Gasteiger partial charge in [-0.25, -0.2) is 0 Å². The predicted octanol–water partition coefficient (Wildman–Crippen LogP) is 9.19. The molecule has 43 heavy (non-hydrogen) atoms. The topological polar surface area (TPSA) is 103 Å². The molecule has 4 aliphatic carbocycles. The van der Waals surface area contributed by atoms with Gasteiger partial charge in [0, 0.05) is 49.0 Å². The fourth-order valence-corrected chi connectivity index (χ4v) is 7.68. The highest BCUT2D eigenvalue weighted by molar-refractivity contribution is 6.40. The lowest BCUT2D eigenvalue weighted by Crippen LogP contribution is -2.32. The van der Waals surface area contributed by atoms with Crippen molar-refractivity contribution >= 4 is 23.2 Å². The van der Waals surface area contributed by atoms with Crippen molar-refractivity contribution in [2.24, 2.45) is 20.8 Å². The van der Waals surface area contributed by atoms with E-state index in [2.05, 4.69) is 63.8 Å². The standard InChI is InChI=1S/2C15H24N4O.CH2Cl2/c2*20-17-16-15-18(13-7-3-1-4-8-13)11-12-19(15)14-9-5-2-6-10-14;2-1-3/h2*11-14H,1-10H2;1H2. The fourth-order valence-electron chi connectivity index (χ4n) is 7.68. The molecule has 0 saturated heterocycles. The highest BCUT2D eigenvalue weighted by Gasteiger charge is 2.23. The Kier molecular flexibility index (Phi) is 14.5. The Morgan fingerprint density at radius 3 is 0.860 bits per heavy atom. The molecule has 240 valence electrons. The first kappa shape index (κ1) is 33.7. The average Bonchev–Trinajstić information content (AvgIpc) is 3.68. The molecular formula is C31H50Cl2N8O2. The normalized spacial score (nSPS) is 20.7. The molecule has 0 aliphatic heterocycles. The van der Waals surface area contributed by atoms with E-state index in [1.165, 1.54) is 128 Å². The van der Waals surface area contributed by atoms with Crippen molar-refractivity contribution in [1.82, 2.24) is 18.3 Å². The lowest BCUT2D eigenvalue weighted by atomic mass is 9.95. The monoisotopic (exact) mass is 636 g/mol. The summed E-state index contributed by atoms with van der Waals surface area (Å²) >= 11 is 9.53. The zero-order valence-corrected chi connectivity index (χ0v) is 27.1. The van der Waals surface area contributed by atoms with E-state index in [1.807, 2.05) is 0 Å². The summed E-state index contributed by atoms with van der Waals surface area (Å²) in [4.78, 5) is 21.4. The number of halogens is 2. The number of imidazole rings is 2. The van der Waals surface area contributed by atoms with Crippen LogP contribution in [0.4, 0.5) is 0 Å². The zero-order chi connectivity index (χ0) is 30.3. The van der Waals surface area contributed by atoms with E-state index >= 15 is 0 Å². The van der Waals surface area contributed by atoms with Crippen LogP contribution in [0.5, 0.6) is 0 Å². The van der Waals surface area contributed by atoms with Gasteiger partial charge in [0.1, 0.15) is 0 Å². The maximum Gasteiger partial charge on any atom is 0.233 e. The second kappa shape index (κ2) is 18.6. The van der Waals surface area contributed by atoms with Crippen molar-refractivity contribution in [2.75, 3.05) is 5.34 Å². The van der Waals surface area contributed by atoms with Gasteiger partial charge in [0.25, 0.3) is 0 Å². The number of rotatable bonds is 6. The van der Waals surface area contributed by atoms with Gasteiger partial charge in [-0.15, -0.1) is 33.0 Å². The second-order valence-electron chi connectivity index (χ2n) is 12.5. The maximum atomic E-state index is 10.7. The molecule has 4 saturated carbocycles. The van der Waals surface area contributed by atoms with Gasteiger partial charge in [-0.1, -0.05) is 87.3 Å². The summed E-state index contributed by atoms with van der Waals surface area (Å²) in [7, 11) is 0. The van der Waals surface area contributed by atoms with Crippen molar-refractivity contribution in [3.63, 3.8) is 0 Å². The summed E-state index contributed by atoms with van der Waals surface area (Å²) in [6.45, 7) is 0. The largest absolute Gasteiger partial charge is 0.313 e. The predicted molar refractivity (Wildman–Crippen MR) is 173 cm³/mol. The maximum absolute atomic E-state index is 10.7. The third-order valence-electron chi connectivity index (χ3n) is 9.83. The minimum Gasteiger partial charge on any atom is -0.313 e. The van der Waals surface area contributed by atoms with Crippen molar-refractivity contribution in [2.45, 2.75) is 153 Å². The summed E-state index contributed by atoms with van der Waals surface area (Å²) in [6, 6.07) is 1.98. The molecule has 2 aromatic heterocycles. The van der Waals surface area contributed by atoms with Crippen LogP contribution >= 0.6 is 23.2 Å². The summed E-state index contributed by atoms with van der Waals surface area (Å²) in [6.07, 6.45) is 33.5. The van der Waals surface area contributed by atoms with Gasteiger partial charge < -0.3 is 18.3 Å². The molecule has 0 unspecified atom stereocenters. The second-order valence-corrected chi connectivity index (χ2v) is 13.3. The van der Waals surface area contributed by atoms with Crippen LogP contribution < -0.4 is 11.2 Å². The molecule has 4 fully saturated rings. The Morgan fingerprint density at radius 1 is 0.465 bits per heavy atom. The summed E-state index contributed by atoms with van der Waals surface area (Å²) in [5.41, 5.74) is 1.53. The Bertz CT molecular complexity index is 1050. The Labute approximate surface area is 265 Å². The van der Waals surface area contributed by atoms with E-state index in [0.717, 1.165) is 11.2 Å². The van der Waals surface area contributed by atoms with Gasteiger partial charge in [0.2, 0.25) is 11.2 Å². The van der Waals surface area contributed by atoms with Crippen LogP contribution in [0.3, 0.4) is 0 Å². The van der Waals surface area contributed by atoms with Crippen molar-refractivity contribution in [3.8, 4) is 0 Å². The van der Waals surface area contributed by atoms with Gasteiger partial charge >= 0.3 is 0 Å². The molecule has 10 nitrogen and oxygen atoms in total. The molecule has 0 spiro atoms. The van der Waals surface area contributed by atoms with Crippen molar-refractivity contribution in [3.05, 3.63) is 45.8 Å². The summed E-state index contributed by atoms with van der Waals surface area (Å²) < 4.78 is 8.76. The van der Waals surface area contributed by atoms with E-state index in [-0.39, 0.29) is 5.34 Å². The molecule has 0 radical (unpaired) electrons. The van der Waals surface area contributed by atoms with E-state index in [0.29, 0.717) is 24.2 Å². The molecular weight excluding hydrogens is 587 g/mol. The lowest BCUT2D eigenvalue weighted by Gasteiger charge is -2.25.